The van der Waals surface area contributed by atoms with Crippen LogP contribution in [0, 0.1) is 6.92 Å². The van der Waals surface area contributed by atoms with E-state index in [1.165, 1.54) is 0 Å². The molecule has 17 heavy (non-hydrogen) atoms. The molecular formula is C13H12O4. The molecule has 0 bridgehead atoms. The molecule has 0 aliphatic carbocycles. The van der Waals surface area contributed by atoms with E-state index in [-0.39, 0.29) is 6.61 Å². The minimum Gasteiger partial charge on any atom is -0.464 e. The van der Waals surface area contributed by atoms with Crippen molar-refractivity contribution in [1.29, 1.82) is 0 Å². The first-order valence-electron chi connectivity index (χ1n) is 5.33. The predicted octanol–water partition coefficient (Wildman–Crippen LogP) is 2.49. The van der Waals surface area contributed by atoms with Crippen LogP contribution >= 0.6 is 0 Å². The molecule has 2 aromatic rings. The average molecular weight is 232 g/mol. The number of fused-ring (bicyclic) bond motifs is 1. The Morgan fingerprint density at radius 1 is 1.35 bits per heavy atom. The molecular weight excluding hydrogens is 220 g/mol. The molecule has 0 fully saturated rings. The monoisotopic (exact) mass is 232 g/mol. The van der Waals surface area contributed by atoms with Gasteiger partial charge in [-0.25, -0.2) is 4.79 Å². The van der Waals surface area contributed by atoms with Crippen LogP contribution in [0.15, 0.2) is 28.9 Å². The Balaban J connectivity index is 2.51. The molecule has 0 unspecified atom stereocenters. The van der Waals surface area contributed by atoms with Gasteiger partial charge in [-0.3, -0.25) is 4.79 Å². The standard InChI is InChI=1S/C13H12O4/c1-3-16-13(15)12(14)9-5-4-6-10-11(9)8(2)7-17-10/h4-7H,3H2,1-2H3. The summed E-state index contributed by atoms with van der Waals surface area (Å²) in [6.45, 7) is 3.67. The number of ether oxygens (including phenoxy) is 1. The van der Waals surface area contributed by atoms with Crippen molar-refractivity contribution >= 4 is 22.7 Å². The number of hydrogen-bond acceptors (Lipinski definition) is 4. The van der Waals surface area contributed by atoms with Crippen molar-refractivity contribution in [2.24, 2.45) is 0 Å². The van der Waals surface area contributed by atoms with Crippen LogP contribution in [0.3, 0.4) is 0 Å². The van der Waals surface area contributed by atoms with E-state index in [9.17, 15) is 9.59 Å². The maximum Gasteiger partial charge on any atom is 0.379 e. The van der Waals surface area contributed by atoms with Crippen molar-refractivity contribution in [1.82, 2.24) is 0 Å². The van der Waals surface area contributed by atoms with E-state index < -0.39 is 11.8 Å². The zero-order valence-electron chi connectivity index (χ0n) is 9.65. The van der Waals surface area contributed by atoms with Crippen molar-refractivity contribution in [3.05, 3.63) is 35.6 Å². The topological polar surface area (TPSA) is 56.5 Å². The zero-order valence-corrected chi connectivity index (χ0v) is 9.65. The molecule has 1 heterocycles. The van der Waals surface area contributed by atoms with Gasteiger partial charge < -0.3 is 9.15 Å². The number of rotatable bonds is 3. The summed E-state index contributed by atoms with van der Waals surface area (Å²) in [5, 5.41) is 0.672. The van der Waals surface area contributed by atoms with Gasteiger partial charge in [0, 0.05) is 10.9 Å². The van der Waals surface area contributed by atoms with Gasteiger partial charge in [-0.15, -0.1) is 0 Å². The lowest BCUT2D eigenvalue weighted by molar-refractivity contribution is -0.137. The quantitative estimate of drug-likeness (QED) is 0.463. The Kier molecular flexibility index (Phi) is 2.95. The van der Waals surface area contributed by atoms with Gasteiger partial charge in [0.15, 0.2) is 0 Å². The van der Waals surface area contributed by atoms with E-state index in [1.54, 1.807) is 31.4 Å². The lowest BCUT2D eigenvalue weighted by Crippen LogP contribution is -2.17. The summed E-state index contributed by atoms with van der Waals surface area (Å²) >= 11 is 0. The summed E-state index contributed by atoms with van der Waals surface area (Å²) in [7, 11) is 0. The van der Waals surface area contributed by atoms with Gasteiger partial charge in [-0.05, 0) is 31.5 Å². The van der Waals surface area contributed by atoms with E-state index in [0.717, 1.165) is 5.56 Å². The van der Waals surface area contributed by atoms with Gasteiger partial charge in [0.05, 0.1) is 12.9 Å². The van der Waals surface area contributed by atoms with Crippen molar-refractivity contribution in [3.8, 4) is 0 Å². The van der Waals surface area contributed by atoms with Crippen LogP contribution < -0.4 is 0 Å². The normalized spacial score (nSPS) is 10.5. The molecule has 0 saturated heterocycles. The summed E-state index contributed by atoms with van der Waals surface area (Å²) in [5.74, 6) is -1.47. The molecule has 4 heteroatoms. The fraction of sp³-hybridized carbons (Fsp3) is 0.231. The molecule has 0 atom stereocenters. The summed E-state index contributed by atoms with van der Waals surface area (Å²) in [6, 6.07) is 5.03. The van der Waals surface area contributed by atoms with Gasteiger partial charge in [0.1, 0.15) is 5.58 Å². The minimum atomic E-state index is -0.833. The molecule has 1 aromatic carbocycles. The molecule has 0 spiro atoms. The number of benzene rings is 1. The SMILES string of the molecule is CCOC(=O)C(=O)c1cccc2occ(C)c12. The first-order chi connectivity index (χ1) is 8.15. The Hall–Kier alpha value is -2.10. The van der Waals surface area contributed by atoms with Crippen molar-refractivity contribution in [2.45, 2.75) is 13.8 Å². The lowest BCUT2D eigenvalue weighted by Gasteiger charge is -2.02. The summed E-state index contributed by atoms with van der Waals surface area (Å²) in [6.07, 6.45) is 1.56. The average Bonchev–Trinajstić information content (AvgIpc) is 2.71. The van der Waals surface area contributed by atoms with E-state index in [4.69, 9.17) is 9.15 Å². The molecule has 0 aliphatic heterocycles. The second-order valence-electron chi connectivity index (χ2n) is 3.65. The predicted molar refractivity (Wildman–Crippen MR) is 61.9 cm³/mol. The van der Waals surface area contributed by atoms with Crippen LogP contribution in [-0.2, 0) is 9.53 Å². The van der Waals surface area contributed by atoms with Crippen molar-refractivity contribution < 1.29 is 18.7 Å². The van der Waals surface area contributed by atoms with Crippen molar-refractivity contribution in [3.63, 3.8) is 0 Å². The maximum absolute atomic E-state index is 11.9. The summed E-state index contributed by atoms with van der Waals surface area (Å²) in [5.41, 5.74) is 1.75. The van der Waals surface area contributed by atoms with Gasteiger partial charge in [-0.1, -0.05) is 6.07 Å². The van der Waals surface area contributed by atoms with Crippen LogP contribution in [0.1, 0.15) is 22.8 Å². The number of aryl methyl sites for hydroxylation is 1. The zero-order chi connectivity index (χ0) is 12.4. The Labute approximate surface area is 98.2 Å². The molecule has 2 rings (SSSR count). The van der Waals surface area contributed by atoms with E-state index in [1.807, 2.05) is 6.92 Å². The molecule has 4 nitrogen and oxygen atoms in total. The number of carbonyl (C=O) groups is 2. The number of carbonyl (C=O) groups excluding carboxylic acids is 2. The maximum atomic E-state index is 11.9. The number of furan rings is 1. The number of Topliss-reactive ketones (excluding diaryl/α,β-unsaturated/α-hetero) is 1. The Morgan fingerprint density at radius 2 is 2.12 bits per heavy atom. The van der Waals surface area contributed by atoms with Gasteiger partial charge in [0.25, 0.3) is 5.78 Å². The Bertz CT molecular complexity index is 580. The number of hydrogen-bond donors (Lipinski definition) is 0. The number of ketones is 1. The third kappa shape index (κ3) is 1.93. The van der Waals surface area contributed by atoms with Crippen molar-refractivity contribution in [2.75, 3.05) is 6.61 Å². The molecule has 0 saturated carbocycles. The summed E-state index contributed by atoms with van der Waals surface area (Å²) in [4.78, 5) is 23.3. The highest BCUT2D eigenvalue weighted by Crippen LogP contribution is 2.24. The van der Waals surface area contributed by atoms with Gasteiger partial charge >= 0.3 is 5.97 Å². The third-order valence-electron chi connectivity index (χ3n) is 2.49. The number of esters is 1. The van der Waals surface area contributed by atoms with Crippen LogP contribution in [-0.4, -0.2) is 18.4 Å². The second-order valence-corrected chi connectivity index (χ2v) is 3.65. The molecule has 0 amide bonds. The fourth-order valence-electron chi connectivity index (χ4n) is 1.74. The molecule has 0 N–H and O–H groups in total. The van der Waals surface area contributed by atoms with Crippen LogP contribution in [0.5, 0.6) is 0 Å². The first kappa shape index (κ1) is 11.4. The first-order valence-corrected chi connectivity index (χ1v) is 5.33. The highest BCUT2D eigenvalue weighted by atomic mass is 16.5. The van der Waals surface area contributed by atoms with Gasteiger partial charge in [0.2, 0.25) is 0 Å². The van der Waals surface area contributed by atoms with Gasteiger partial charge in [-0.2, -0.15) is 0 Å². The highest BCUT2D eigenvalue weighted by molar-refractivity contribution is 6.43. The minimum absolute atomic E-state index is 0.185. The largest absolute Gasteiger partial charge is 0.464 e. The molecule has 0 aliphatic rings. The third-order valence-corrected chi connectivity index (χ3v) is 2.49. The fourth-order valence-corrected chi connectivity index (χ4v) is 1.74. The van der Waals surface area contributed by atoms with Crippen LogP contribution in [0.2, 0.25) is 0 Å². The van der Waals surface area contributed by atoms with E-state index in [0.29, 0.717) is 16.5 Å². The van der Waals surface area contributed by atoms with Crippen LogP contribution in [0.25, 0.3) is 11.0 Å². The Morgan fingerprint density at radius 3 is 2.82 bits per heavy atom. The molecule has 1 aromatic heterocycles. The van der Waals surface area contributed by atoms with Crippen LogP contribution in [0.4, 0.5) is 0 Å². The second kappa shape index (κ2) is 4.41. The van der Waals surface area contributed by atoms with E-state index in [2.05, 4.69) is 0 Å². The molecule has 0 radical (unpaired) electrons. The van der Waals surface area contributed by atoms with E-state index >= 15 is 0 Å². The molecule has 88 valence electrons. The smallest absolute Gasteiger partial charge is 0.379 e. The highest BCUT2D eigenvalue weighted by Gasteiger charge is 2.21. The lowest BCUT2D eigenvalue weighted by atomic mass is 10.0. The summed E-state index contributed by atoms with van der Waals surface area (Å²) < 4.78 is 9.98.